The second kappa shape index (κ2) is 6.94. The second-order valence-electron chi connectivity index (χ2n) is 3.37. The molecule has 5 N–H and O–H groups in total. The van der Waals surface area contributed by atoms with E-state index in [2.05, 4.69) is 0 Å². The van der Waals surface area contributed by atoms with Crippen LogP contribution in [0.3, 0.4) is 0 Å². The van der Waals surface area contributed by atoms with Crippen molar-refractivity contribution in [3.05, 3.63) is 0 Å². The second-order valence-corrected chi connectivity index (χ2v) is 3.37. The van der Waals surface area contributed by atoms with Gasteiger partial charge in [0.25, 0.3) is 0 Å². The van der Waals surface area contributed by atoms with Gasteiger partial charge in [0.05, 0.1) is 6.42 Å². The van der Waals surface area contributed by atoms with E-state index in [4.69, 9.17) is 16.6 Å². The number of carboxylic acid groups (broad SMARTS) is 1. The summed E-state index contributed by atoms with van der Waals surface area (Å²) < 4.78 is 0. The van der Waals surface area contributed by atoms with Gasteiger partial charge in [-0.3, -0.25) is 14.4 Å². The zero-order chi connectivity index (χ0) is 11.8. The number of primary amides is 1. The third-order valence-electron chi connectivity index (χ3n) is 1.91. The average Bonchev–Trinajstić information content (AvgIpc) is 2.10. The number of nitrogens with two attached hydrogens (primary N) is 2. The van der Waals surface area contributed by atoms with Crippen LogP contribution in [0.4, 0.5) is 0 Å². The molecule has 6 heteroatoms. The van der Waals surface area contributed by atoms with E-state index >= 15 is 0 Å². The van der Waals surface area contributed by atoms with Crippen LogP contribution in [-0.2, 0) is 14.4 Å². The highest BCUT2D eigenvalue weighted by atomic mass is 16.4. The molecule has 6 nitrogen and oxygen atoms in total. The molecular formula is C9H16N2O4. The smallest absolute Gasteiger partial charge is 0.320 e. The van der Waals surface area contributed by atoms with Gasteiger partial charge in [-0.1, -0.05) is 6.42 Å². The van der Waals surface area contributed by atoms with Crippen molar-refractivity contribution in [2.45, 2.75) is 38.1 Å². The van der Waals surface area contributed by atoms with E-state index in [1.54, 1.807) is 0 Å². The van der Waals surface area contributed by atoms with Gasteiger partial charge in [-0.25, -0.2) is 0 Å². The van der Waals surface area contributed by atoms with Crippen molar-refractivity contribution in [3.8, 4) is 0 Å². The molecule has 1 unspecified atom stereocenters. The van der Waals surface area contributed by atoms with Crippen LogP contribution in [0.25, 0.3) is 0 Å². The molecule has 0 saturated heterocycles. The summed E-state index contributed by atoms with van der Waals surface area (Å²) in [5, 5.41) is 8.46. The van der Waals surface area contributed by atoms with Crippen LogP contribution in [0.1, 0.15) is 32.1 Å². The van der Waals surface area contributed by atoms with Gasteiger partial charge in [0.1, 0.15) is 11.8 Å². The van der Waals surface area contributed by atoms with Crippen molar-refractivity contribution < 1.29 is 19.5 Å². The van der Waals surface area contributed by atoms with Crippen LogP contribution < -0.4 is 11.5 Å². The number of carbonyl (C=O) groups excluding carboxylic acids is 2. The van der Waals surface area contributed by atoms with Crippen LogP contribution in [0.2, 0.25) is 0 Å². The molecule has 0 spiro atoms. The maximum Gasteiger partial charge on any atom is 0.320 e. The summed E-state index contributed by atoms with van der Waals surface area (Å²) in [6.45, 7) is 0. The Kier molecular flexibility index (Phi) is 6.28. The maximum absolute atomic E-state index is 11.0. The quantitative estimate of drug-likeness (QED) is 0.369. The molecule has 0 heterocycles. The first kappa shape index (κ1) is 13.6. The van der Waals surface area contributed by atoms with Crippen molar-refractivity contribution in [2.24, 2.45) is 11.5 Å². The normalized spacial score (nSPS) is 12.1. The minimum atomic E-state index is -1.04. The molecule has 0 fully saturated rings. The molecule has 0 aliphatic carbocycles. The van der Waals surface area contributed by atoms with E-state index in [0.717, 1.165) is 0 Å². The molecule has 1 atom stereocenters. The summed E-state index contributed by atoms with van der Waals surface area (Å²) in [5.74, 6) is -1.90. The Labute approximate surface area is 87.6 Å². The van der Waals surface area contributed by atoms with Crippen LogP contribution in [-0.4, -0.2) is 28.8 Å². The molecule has 0 aliphatic rings. The Morgan fingerprint density at radius 3 is 2.27 bits per heavy atom. The third kappa shape index (κ3) is 7.63. The Morgan fingerprint density at radius 2 is 1.80 bits per heavy atom. The zero-order valence-corrected chi connectivity index (χ0v) is 8.44. The third-order valence-corrected chi connectivity index (χ3v) is 1.91. The monoisotopic (exact) mass is 216 g/mol. The number of Topliss-reactive ketones (excluding diaryl/α,β-unsaturated/α-hetero) is 1. The largest absolute Gasteiger partial charge is 0.480 e. The van der Waals surface area contributed by atoms with E-state index in [9.17, 15) is 14.4 Å². The number of amides is 1. The van der Waals surface area contributed by atoms with E-state index in [-0.39, 0.29) is 18.6 Å². The molecule has 86 valence electrons. The highest BCUT2D eigenvalue weighted by Gasteiger charge is 2.11. The van der Waals surface area contributed by atoms with Crippen molar-refractivity contribution in [1.29, 1.82) is 0 Å². The maximum atomic E-state index is 11.0. The number of unbranched alkanes of at least 4 members (excludes halogenated alkanes) is 1. The molecule has 0 aromatic heterocycles. The molecule has 15 heavy (non-hydrogen) atoms. The minimum Gasteiger partial charge on any atom is -0.480 e. The molecule has 0 rings (SSSR count). The first-order valence-corrected chi connectivity index (χ1v) is 4.72. The summed E-state index contributed by atoms with van der Waals surface area (Å²) in [5.41, 5.74) is 10.1. The Morgan fingerprint density at radius 1 is 1.20 bits per heavy atom. The molecule has 0 saturated carbocycles. The lowest BCUT2D eigenvalue weighted by Crippen LogP contribution is -2.29. The number of ketones is 1. The predicted octanol–water partition coefficient (Wildman–Crippen LogP) is -0.597. The zero-order valence-electron chi connectivity index (χ0n) is 8.44. The number of hydrogen-bond acceptors (Lipinski definition) is 4. The van der Waals surface area contributed by atoms with Gasteiger partial charge in [-0.05, 0) is 12.8 Å². The van der Waals surface area contributed by atoms with E-state index in [1.807, 2.05) is 0 Å². The summed E-state index contributed by atoms with van der Waals surface area (Å²) in [7, 11) is 0. The Bertz CT molecular complexity index is 252. The first-order valence-electron chi connectivity index (χ1n) is 4.72. The van der Waals surface area contributed by atoms with Crippen molar-refractivity contribution >= 4 is 17.7 Å². The number of hydrogen-bond donors (Lipinski definition) is 3. The molecule has 1 amide bonds. The summed E-state index contributed by atoms with van der Waals surface area (Å²) in [4.78, 5) is 31.6. The fourth-order valence-electron chi connectivity index (χ4n) is 1.09. The standard InChI is InChI=1S/C9H16N2O4/c10-7(9(14)15)4-2-1-3-6(12)5-8(11)13/h7H,1-5,10H2,(H2,11,13)(H,14,15). The first-order chi connectivity index (χ1) is 6.93. The number of aliphatic carboxylic acids is 1. The van der Waals surface area contributed by atoms with Crippen molar-refractivity contribution in [3.63, 3.8) is 0 Å². The molecule has 0 aliphatic heterocycles. The topological polar surface area (TPSA) is 123 Å². The van der Waals surface area contributed by atoms with Crippen LogP contribution >= 0.6 is 0 Å². The number of rotatable bonds is 8. The van der Waals surface area contributed by atoms with Crippen LogP contribution in [0.5, 0.6) is 0 Å². The van der Waals surface area contributed by atoms with Gasteiger partial charge in [0.2, 0.25) is 5.91 Å². The minimum absolute atomic E-state index is 0.216. The molecule has 0 bridgehead atoms. The van der Waals surface area contributed by atoms with Crippen LogP contribution in [0.15, 0.2) is 0 Å². The highest BCUT2D eigenvalue weighted by Crippen LogP contribution is 2.04. The van der Waals surface area contributed by atoms with Gasteiger partial charge >= 0.3 is 5.97 Å². The number of carbonyl (C=O) groups is 3. The van der Waals surface area contributed by atoms with Crippen molar-refractivity contribution in [2.75, 3.05) is 0 Å². The summed E-state index contributed by atoms with van der Waals surface area (Å²) >= 11 is 0. The molecule has 0 aromatic rings. The van der Waals surface area contributed by atoms with Crippen molar-refractivity contribution in [1.82, 2.24) is 0 Å². The SMILES string of the molecule is NC(=O)CC(=O)CCCCC(N)C(=O)O. The lowest BCUT2D eigenvalue weighted by Gasteiger charge is -2.04. The van der Waals surface area contributed by atoms with E-state index in [0.29, 0.717) is 19.3 Å². The van der Waals surface area contributed by atoms with E-state index < -0.39 is 17.9 Å². The van der Waals surface area contributed by atoms with Gasteiger partial charge in [0, 0.05) is 6.42 Å². The fourth-order valence-corrected chi connectivity index (χ4v) is 1.09. The summed E-state index contributed by atoms with van der Waals surface area (Å²) in [6, 6.07) is -0.878. The molecule has 0 aromatic carbocycles. The predicted molar refractivity (Wildman–Crippen MR) is 52.9 cm³/mol. The fraction of sp³-hybridized carbons (Fsp3) is 0.667. The number of carboxylic acids is 1. The summed E-state index contributed by atoms with van der Waals surface area (Å²) in [6.07, 6.45) is 1.42. The van der Waals surface area contributed by atoms with Gasteiger partial charge in [0.15, 0.2) is 0 Å². The lowest BCUT2D eigenvalue weighted by atomic mass is 10.1. The molecular weight excluding hydrogens is 200 g/mol. The lowest BCUT2D eigenvalue weighted by molar-refractivity contribution is -0.138. The average molecular weight is 216 g/mol. The van der Waals surface area contributed by atoms with Gasteiger partial charge in [-0.2, -0.15) is 0 Å². The Hall–Kier alpha value is -1.43. The molecule has 0 radical (unpaired) electrons. The Balaban J connectivity index is 3.50. The van der Waals surface area contributed by atoms with Crippen LogP contribution in [0, 0.1) is 0 Å². The highest BCUT2D eigenvalue weighted by molar-refractivity contribution is 5.97. The van der Waals surface area contributed by atoms with E-state index in [1.165, 1.54) is 0 Å². The van der Waals surface area contributed by atoms with Gasteiger partial charge in [-0.15, -0.1) is 0 Å². The van der Waals surface area contributed by atoms with Gasteiger partial charge < -0.3 is 16.6 Å².